The van der Waals surface area contributed by atoms with Crippen LogP contribution in [0.25, 0.3) is 0 Å². The summed E-state index contributed by atoms with van der Waals surface area (Å²) >= 11 is 8.75. The van der Waals surface area contributed by atoms with Crippen molar-refractivity contribution >= 4 is 28.1 Å². The Morgan fingerprint density at radius 2 is 1.95 bits per heavy atom. The fourth-order valence-corrected chi connectivity index (χ4v) is 2.62. The molecule has 0 saturated heterocycles. The van der Waals surface area contributed by atoms with Gasteiger partial charge in [0.2, 0.25) is 0 Å². The Balaban J connectivity index is 3.35. The lowest BCUT2D eigenvalue weighted by molar-refractivity contribution is -0.0575. The highest BCUT2D eigenvalue weighted by atomic mass is 79.9. The van der Waals surface area contributed by atoms with Crippen molar-refractivity contribution in [2.45, 2.75) is 45.8 Å². The average molecular weight is 349 g/mol. The van der Waals surface area contributed by atoms with E-state index in [4.69, 9.17) is 21.7 Å². The number of hydrogen-bond donors (Lipinski definition) is 1. The zero-order chi connectivity index (χ0) is 14.5. The quantitative estimate of drug-likeness (QED) is 0.753. The fraction of sp³-hybridized carbons (Fsp3) is 0.692. The van der Waals surface area contributed by atoms with Crippen LogP contribution in [0.15, 0.2) is 4.47 Å². The van der Waals surface area contributed by atoms with Gasteiger partial charge in [0.25, 0.3) is 0 Å². The van der Waals surface area contributed by atoms with Crippen LogP contribution in [-0.4, -0.2) is 23.7 Å². The number of H-pyrrole nitrogens is 1. The van der Waals surface area contributed by atoms with Gasteiger partial charge in [0.1, 0.15) is 16.1 Å². The van der Waals surface area contributed by atoms with Gasteiger partial charge < -0.3 is 14.5 Å². The molecule has 1 aromatic heterocycles. The van der Waals surface area contributed by atoms with E-state index in [2.05, 4.69) is 39.7 Å². The lowest BCUT2D eigenvalue weighted by atomic mass is 9.96. The summed E-state index contributed by atoms with van der Waals surface area (Å²) in [5.74, 6) is 0.777. The molecule has 1 rings (SSSR count). The van der Waals surface area contributed by atoms with Crippen molar-refractivity contribution in [2.24, 2.45) is 0 Å². The third-order valence-corrected chi connectivity index (χ3v) is 4.63. The van der Waals surface area contributed by atoms with Crippen molar-refractivity contribution in [3.63, 3.8) is 0 Å². The van der Waals surface area contributed by atoms with E-state index in [-0.39, 0.29) is 0 Å². The number of nitrogens with zero attached hydrogens (tertiary/aromatic N) is 1. The van der Waals surface area contributed by atoms with Gasteiger partial charge >= 0.3 is 0 Å². The molecule has 1 heterocycles. The average Bonchev–Trinajstić information content (AvgIpc) is 2.41. The molecule has 108 valence electrons. The number of rotatable bonds is 7. The first-order valence-electron chi connectivity index (χ1n) is 6.46. The van der Waals surface area contributed by atoms with Crippen LogP contribution in [-0.2, 0) is 21.7 Å². The molecular weight excluding hydrogens is 328 g/mol. The lowest BCUT2D eigenvalue weighted by Gasteiger charge is -2.31. The van der Waals surface area contributed by atoms with Crippen LogP contribution in [0.3, 0.4) is 0 Å². The van der Waals surface area contributed by atoms with E-state index in [1.807, 2.05) is 6.92 Å². The van der Waals surface area contributed by atoms with Crippen LogP contribution in [0.4, 0.5) is 0 Å². The SMILES string of the molecule is CCOC(CC)(CC)c1nc(=S)c(Br)c(COC)[nH]1. The first-order chi connectivity index (χ1) is 9.04. The molecule has 0 spiro atoms. The van der Waals surface area contributed by atoms with E-state index in [1.165, 1.54) is 0 Å². The lowest BCUT2D eigenvalue weighted by Crippen LogP contribution is -2.31. The summed E-state index contributed by atoms with van der Waals surface area (Å²) in [5.41, 5.74) is 0.481. The normalized spacial score (nSPS) is 11.8. The second-order valence-corrected chi connectivity index (χ2v) is 5.43. The molecular formula is C13H21BrN2O2S. The molecule has 4 nitrogen and oxygen atoms in total. The molecule has 0 atom stereocenters. The Morgan fingerprint density at radius 1 is 1.32 bits per heavy atom. The van der Waals surface area contributed by atoms with E-state index >= 15 is 0 Å². The third-order valence-electron chi connectivity index (χ3n) is 3.22. The number of halogens is 1. The van der Waals surface area contributed by atoms with E-state index < -0.39 is 5.60 Å². The van der Waals surface area contributed by atoms with E-state index in [9.17, 15) is 0 Å². The Bertz CT molecular complexity index is 472. The van der Waals surface area contributed by atoms with Crippen molar-refractivity contribution in [3.05, 3.63) is 20.6 Å². The number of nitrogens with one attached hydrogen (secondary N) is 1. The summed E-state index contributed by atoms with van der Waals surface area (Å²) in [5, 5.41) is 0. The van der Waals surface area contributed by atoms with Gasteiger partial charge in [-0.1, -0.05) is 26.1 Å². The molecule has 1 N–H and O–H groups in total. The maximum absolute atomic E-state index is 5.95. The van der Waals surface area contributed by atoms with Gasteiger partial charge in [-0.2, -0.15) is 0 Å². The van der Waals surface area contributed by atoms with Crippen LogP contribution in [0.1, 0.15) is 45.1 Å². The summed E-state index contributed by atoms with van der Waals surface area (Å²) in [6.45, 7) is 7.27. The van der Waals surface area contributed by atoms with Crippen LogP contribution in [0.2, 0.25) is 0 Å². The second-order valence-electron chi connectivity index (χ2n) is 4.25. The summed E-state index contributed by atoms with van der Waals surface area (Å²) in [4.78, 5) is 7.79. The number of methoxy groups -OCH3 is 1. The van der Waals surface area contributed by atoms with Crippen LogP contribution >= 0.6 is 28.1 Å². The minimum atomic E-state index is -0.411. The minimum Gasteiger partial charge on any atom is -0.378 e. The molecule has 0 fully saturated rings. The maximum Gasteiger partial charge on any atom is 0.144 e. The van der Waals surface area contributed by atoms with E-state index in [0.717, 1.165) is 28.8 Å². The van der Waals surface area contributed by atoms with Gasteiger partial charge in [-0.25, -0.2) is 4.98 Å². The minimum absolute atomic E-state index is 0.411. The van der Waals surface area contributed by atoms with Crippen molar-refractivity contribution in [2.75, 3.05) is 13.7 Å². The Hall–Kier alpha value is -0.300. The molecule has 0 unspecified atom stereocenters. The third kappa shape index (κ3) is 3.62. The molecule has 1 aromatic rings. The molecule has 6 heteroatoms. The highest BCUT2D eigenvalue weighted by Gasteiger charge is 2.32. The molecule has 0 aliphatic heterocycles. The van der Waals surface area contributed by atoms with Crippen LogP contribution < -0.4 is 0 Å². The van der Waals surface area contributed by atoms with Crippen molar-refractivity contribution in [3.8, 4) is 0 Å². The Labute approximate surface area is 128 Å². The molecule has 0 aliphatic carbocycles. The van der Waals surface area contributed by atoms with Gasteiger partial charge in [0.15, 0.2) is 0 Å². The molecule has 0 aliphatic rings. The predicted molar refractivity (Wildman–Crippen MR) is 81.7 cm³/mol. The summed E-state index contributed by atoms with van der Waals surface area (Å²) in [7, 11) is 1.65. The van der Waals surface area contributed by atoms with Gasteiger partial charge in [-0.05, 0) is 35.7 Å². The molecule has 0 aromatic carbocycles. The van der Waals surface area contributed by atoms with Crippen molar-refractivity contribution < 1.29 is 9.47 Å². The standard InChI is InChI=1S/C13H21BrN2O2S/c1-5-13(6-2,18-7-3)12-15-9(8-17-4)10(14)11(19)16-12/h5-8H2,1-4H3,(H,15,16,19). The number of ether oxygens (including phenoxy) is 2. The van der Waals surface area contributed by atoms with Crippen LogP contribution in [0, 0.1) is 4.64 Å². The number of aromatic nitrogens is 2. The highest BCUT2D eigenvalue weighted by Crippen LogP contribution is 2.32. The predicted octanol–water partition coefficient (Wildman–Crippen LogP) is 4.10. The zero-order valence-electron chi connectivity index (χ0n) is 11.9. The van der Waals surface area contributed by atoms with E-state index in [0.29, 0.717) is 17.9 Å². The molecule has 0 bridgehead atoms. The Morgan fingerprint density at radius 3 is 2.42 bits per heavy atom. The zero-order valence-corrected chi connectivity index (χ0v) is 14.3. The summed E-state index contributed by atoms with van der Waals surface area (Å²) in [6, 6.07) is 0. The van der Waals surface area contributed by atoms with Gasteiger partial charge in [0.05, 0.1) is 16.8 Å². The van der Waals surface area contributed by atoms with Crippen molar-refractivity contribution in [1.82, 2.24) is 9.97 Å². The monoisotopic (exact) mass is 348 g/mol. The number of hydrogen-bond acceptors (Lipinski definition) is 4. The van der Waals surface area contributed by atoms with Gasteiger partial charge in [-0.15, -0.1) is 0 Å². The van der Waals surface area contributed by atoms with E-state index in [1.54, 1.807) is 7.11 Å². The summed E-state index contributed by atoms with van der Waals surface area (Å²) < 4.78 is 12.4. The highest BCUT2D eigenvalue weighted by molar-refractivity contribution is 9.10. The smallest absolute Gasteiger partial charge is 0.144 e. The molecule has 0 radical (unpaired) electrons. The van der Waals surface area contributed by atoms with Crippen LogP contribution in [0.5, 0.6) is 0 Å². The largest absolute Gasteiger partial charge is 0.378 e. The Kier molecular flexibility index (Phi) is 6.59. The summed E-state index contributed by atoms with van der Waals surface area (Å²) in [6.07, 6.45) is 1.67. The van der Waals surface area contributed by atoms with Gasteiger partial charge in [0, 0.05) is 13.7 Å². The molecule has 0 saturated carbocycles. The second kappa shape index (κ2) is 7.47. The first kappa shape index (κ1) is 16.8. The van der Waals surface area contributed by atoms with Gasteiger partial charge in [-0.3, -0.25) is 0 Å². The molecule has 0 amide bonds. The molecule has 19 heavy (non-hydrogen) atoms. The number of aromatic amines is 1. The maximum atomic E-state index is 5.95. The topological polar surface area (TPSA) is 47.1 Å². The van der Waals surface area contributed by atoms with Crippen molar-refractivity contribution in [1.29, 1.82) is 0 Å². The fourth-order valence-electron chi connectivity index (χ4n) is 2.10. The first-order valence-corrected chi connectivity index (χ1v) is 7.66.